The number of rotatable bonds is 5. The van der Waals surface area contributed by atoms with Gasteiger partial charge in [-0.25, -0.2) is 15.0 Å². The lowest BCUT2D eigenvalue weighted by Crippen LogP contribution is -2.06. The van der Waals surface area contributed by atoms with Crippen molar-refractivity contribution in [3.8, 4) is 45.3 Å². The molecular formula is C63H39N3O. The lowest BCUT2D eigenvalue weighted by atomic mass is 9.82. The van der Waals surface area contributed by atoms with Crippen molar-refractivity contribution < 1.29 is 4.42 Å². The van der Waals surface area contributed by atoms with Crippen molar-refractivity contribution in [2.24, 2.45) is 0 Å². The molecule has 312 valence electrons. The minimum absolute atomic E-state index is 0.201. The van der Waals surface area contributed by atoms with Crippen molar-refractivity contribution in [1.29, 1.82) is 0 Å². The standard InChI is InChI=1S/C63H39N3O/c1-4-12-50-38(9-1)23-28-46-33-45(31-32-53(46)50)49-36-57(60-54-15-7-8-16-58(54)67-59(60)37-49)43-21-26-44(27-22-43)61-64-62(47-29-24-41-19-17-39-10-2-5-13-51(39)55(41)34-47)66-63(65-61)48-30-25-42-20-18-40-11-3-6-14-52(40)56(42)35-48/h1-32,34-37,45H,33H2. The first kappa shape index (κ1) is 37.6. The van der Waals surface area contributed by atoms with Gasteiger partial charge in [0.15, 0.2) is 17.5 Å². The number of nitrogens with zero attached hydrogens (tertiary/aromatic N) is 3. The molecule has 11 aromatic carbocycles. The Morgan fingerprint density at radius 2 is 0.851 bits per heavy atom. The number of para-hydroxylation sites is 1. The molecule has 2 aromatic heterocycles. The van der Waals surface area contributed by atoms with Crippen LogP contribution in [-0.4, -0.2) is 15.0 Å². The van der Waals surface area contributed by atoms with Gasteiger partial charge in [-0.1, -0.05) is 188 Å². The number of hydrogen-bond donors (Lipinski definition) is 0. The number of furan rings is 1. The van der Waals surface area contributed by atoms with Crippen LogP contribution in [0.1, 0.15) is 22.6 Å². The van der Waals surface area contributed by atoms with Crippen LogP contribution < -0.4 is 0 Å². The molecule has 1 aliphatic rings. The first-order chi connectivity index (χ1) is 33.1. The monoisotopic (exact) mass is 853 g/mol. The Hall–Kier alpha value is -8.73. The minimum atomic E-state index is 0.201. The topological polar surface area (TPSA) is 51.8 Å². The molecule has 4 nitrogen and oxygen atoms in total. The van der Waals surface area contributed by atoms with Crippen LogP contribution in [0.2, 0.25) is 0 Å². The van der Waals surface area contributed by atoms with E-state index in [0.717, 1.165) is 56.2 Å². The lowest BCUT2D eigenvalue weighted by molar-refractivity contribution is 0.667. The SMILES string of the molecule is C1=CC(c2cc(-c3ccc(-c4nc(-c5ccc6ccc7ccccc7c6c5)nc(-c5ccc6ccc7ccccc7c6c5)n4)cc3)c3c(c2)oc2ccccc23)Cc2ccc3ccccc3c21. The highest BCUT2D eigenvalue weighted by Gasteiger charge is 2.22. The molecule has 4 heteroatoms. The molecule has 0 spiro atoms. The average molecular weight is 854 g/mol. The molecule has 0 aliphatic heterocycles. The molecule has 14 rings (SSSR count). The van der Waals surface area contributed by atoms with Crippen molar-refractivity contribution in [3.05, 3.63) is 229 Å². The number of aromatic nitrogens is 3. The van der Waals surface area contributed by atoms with Crippen LogP contribution >= 0.6 is 0 Å². The summed E-state index contributed by atoms with van der Waals surface area (Å²) in [4.78, 5) is 15.7. The third-order valence-corrected chi connectivity index (χ3v) is 14.0. The van der Waals surface area contributed by atoms with Gasteiger partial charge in [-0.2, -0.15) is 0 Å². The third kappa shape index (κ3) is 6.25. The Morgan fingerprint density at radius 3 is 1.49 bits per heavy atom. The zero-order chi connectivity index (χ0) is 44.0. The fraction of sp³-hybridized carbons (Fsp3) is 0.0317. The molecule has 1 aliphatic carbocycles. The number of allylic oxidation sites excluding steroid dienone is 1. The number of hydrogen-bond acceptors (Lipinski definition) is 4. The van der Waals surface area contributed by atoms with E-state index in [1.54, 1.807) is 0 Å². The van der Waals surface area contributed by atoms with Crippen molar-refractivity contribution in [1.82, 2.24) is 15.0 Å². The van der Waals surface area contributed by atoms with E-state index in [1.165, 1.54) is 70.6 Å². The quantitative estimate of drug-likeness (QED) is 0.162. The summed E-state index contributed by atoms with van der Waals surface area (Å²) in [6.07, 6.45) is 5.61. The second-order valence-corrected chi connectivity index (χ2v) is 17.9. The summed E-state index contributed by atoms with van der Waals surface area (Å²) >= 11 is 0. The van der Waals surface area contributed by atoms with E-state index >= 15 is 0 Å². The predicted octanol–water partition coefficient (Wildman–Crippen LogP) is 16.6. The van der Waals surface area contributed by atoms with E-state index in [9.17, 15) is 0 Å². The van der Waals surface area contributed by atoms with Crippen molar-refractivity contribution in [2.45, 2.75) is 12.3 Å². The minimum Gasteiger partial charge on any atom is -0.456 e. The molecule has 2 heterocycles. The first-order valence-corrected chi connectivity index (χ1v) is 23.0. The van der Waals surface area contributed by atoms with E-state index in [2.05, 4.69) is 212 Å². The number of benzene rings is 11. The van der Waals surface area contributed by atoms with Gasteiger partial charge in [0.1, 0.15) is 11.2 Å². The van der Waals surface area contributed by atoms with Crippen LogP contribution in [0.25, 0.3) is 127 Å². The maximum Gasteiger partial charge on any atom is 0.164 e. The molecule has 0 saturated heterocycles. The Balaban J connectivity index is 0.908. The summed E-state index contributed by atoms with van der Waals surface area (Å²) in [6.45, 7) is 0. The maximum atomic E-state index is 6.63. The molecular weight excluding hydrogens is 815 g/mol. The fourth-order valence-corrected chi connectivity index (χ4v) is 10.6. The molecule has 0 bridgehead atoms. The highest BCUT2D eigenvalue weighted by molar-refractivity contribution is 6.13. The summed E-state index contributed by atoms with van der Waals surface area (Å²) in [7, 11) is 0. The van der Waals surface area contributed by atoms with Crippen molar-refractivity contribution >= 4 is 81.9 Å². The molecule has 67 heavy (non-hydrogen) atoms. The predicted molar refractivity (Wildman–Crippen MR) is 278 cm³/mol. The maximum absolute atomic E-state index is 6.63. The fourth-order valence-electron chi connectivity index (χ4n) is 10.6. The van der Waals surface area contributed by atoms with Gasteiger partial charge in [-0.15, -0.1) is 0 Å². The second-order valence-electron chi connectivity index (χ2n) is 17.9. The Labute approximate surface area is 386 Å². The van der Waals surface area contributed by atoms with Crippen molar-refractivity contribution in [3.63, 3.8) is 0 Å². The molecule has 13 aromatic rings. The summed E-state index contributed by atoms with van der Waals surface area (Å²) in [6, 6.07) is 73.9. The highest BCUT2D eigenvalue weighted by Crippen LogP contribution is 2.42. The van der Waals surface area contributed by atoms with E-state index in [0.29, 0.717) is 17.5 Å². The van der Waals surface area contributed by atoms with Crippen LogP contribution in [-0.2, 0) is 6.42 Å². The van der Waals surface area contributed by atoms with E-state index in [1.807, 2.05) is 6.07 Å². The summed E-state index contributed by atoms with van der Waals surface area (Å²) in [5.74, 6) is 2.08. The van der Waals surface area contributed by atoms with E-state index in [-0.39, 0.29) is 5.92 Å². The smallest absolute Gasteiger partial charge is 0.164 e. The molecule has 0 radical (unpaired) electrons. The summed E-state index contributed by atoms with van der Waals surface area (Å²) in [5, 5.41) is 14.3. The Morgan fingerprint density at radius 1 is 0.373 bits per heavy atom. The van der Waals surface area contributed by atoms with Gasteiger partial charge in [0, 0.05) is 33.4 Å². The zero-order valence-electron chi connectivity index (χ0n) is 36.3. The van der Waals surface area contributed by atoms with E-state index in [4.69, 9.17) is 19.4 Å². The van der Waals surface area contributed by atoms with Crippen LogP contribution in [0.3, 0.4) is 0 Å². The highest BCUT2D eigenvalue weighted by atomic mass is 16.3. The van der Waals surface area contributed by atoms with Gasteiger partial charge in [-0.05, 0) is 118 Å². The number of fused-ring (bicyclic) bond motifs is 12. The van der Waals surface area contributed by atoms with Gasteiger partial charge >= 0.3 is 0 Å². The van der Waals surface area contributed by atoms with E-state index < -0.39 is 0 Å². The summed E-state index contributed by atoms with van der Waals surface area (Å²) < 4.78 is 6.63. The first-order valence-electron chi connectivity index (χ1n) is 23.0. The third-order valence-electron chi connectivity index (χ3n) is 14.0. The Bertz CT molecular complexity index is 4060. The average Bonchev–Trinajstić information content (AvgIpc) is 3.78. The van der Waals surface area contributed by atoms with Crippen LogP contribution in [0.5, 0.6) is 0 Å². The van der Waals surface area contributed by atoms with Gasteiger partial charge in [0.25, 0.3) is 0 Å². The largest absolute Gasteiger partial charge is 0.456 e. The molecule has 0 amide bonds. The lowest BCUT2D eigenvalue weighted by Gasteiger charge is -2.22. The molecule has 1 atom stereocenters. The molecule has 1 unspecified atom stereocenters. The van der Waals surface area contributed by atoms with Crippen LogP contribution in [0.4, 0.5) is 0 Å². The summed E-state index contributed by atoms with van der Waals surface area (Å²) in [5.41, 5.74) is 10.7. The van der Waals surface area contributed by atoms with Crippen molar-refractivity contribution in [2.75, 3.05) is 0 Å². The zero-order valence-corrected chi connectivity index (χ0v) is 36.3. The molecule has 0 saturated carbocycles. The Kier molecular flexibility index (Phi) is 8.37. The van der Waals surface area contributed by atoms with Gasteiger partial charge in [0.05, 0.1) is 0 Å². The van der Waals surface area contributed by atoms with Gasteiger partial charge < -0.3 is 4.42 Å². The normalized spacial score (nSPS) is 13.7. The van der Waals surface area contributed by atoms with Gasteiger partial charge in [0.2, 0.25) is 0 Å². The van der Waals surface area contributed by atoms with Crippen LogP contribution in [0.15, 0.2) is 217 Å². The molecule has 0 fully saturated rings. The van der Waals surface area contributed by atoms with Crippen LogP contribution in [0, 0.1) is 0 Å². The molecule has 0 N–H and O–H groups in total. The van der Waals surface area contributed by atoms with Gasteiger partial charge in [-0.3, -0.25) is 0 Å². The second kappa shape index (κ2) is 14.9.